The molecular formula is C33H44O6. The van der Waals surface area contributed by atoms with Crippen LogP contribution in [0.15, 0.2) is 42.5 Å². The van der Waals surface area contributed by atoms with Gasteiger partial charge in [-0.3, -0.25) is 0 Å². The van der Waals surface area contributed by atoms with E-state index in [9.17, 15) is 9.59 Å². The second kappa shape index (κ2) is 16.6. The molecule has 6 heteroatoms. The molecule has 0 saturated carbocycles. The lowest BCUT2D eigenvalue weighted by molar-refractivity contribution is -0.147. The third-order valence-corrected chi connectivity index (χ3v) is 6.85. The van der Waals surface area contributed by atoms with Crippen LogP contribution in [0.4, 0.5) is 0 Å². The smallest absolute Gasteiger partial charge is 0.344 e. The lowest BCUT2D eigenvalue weighted by atomic mass is 9.97. The monoisotopic (exact) mass is 536 g/mol. The van der Waals surface area contributed by atoms with E-state index in [0.717, 1.165) is 65.6 Å². The van der Waals surface area contributed by atoms with Crippen LogP contribution in [0.3, 0.4) is 0 Å². The Kier molecular flexibility index (Phi) is 12.9. The van der Waals surface area contributed by atoms with Crippen molar-refractivity contribution in [2.24, 2.45) is 0 Å². The summed E-state index contributed by atoms with van der Waals surface area (Å²) in [7, 11) is 0. The molecule has 3 aromatic rings. The third-order valence-electron chi connectivity index (χ3n) is 6.85. The van der Waals surface area contributed by atoms with Gasteiger partial charge in [-0.25, -0.2) is 9.59 Å². The number of hydrogen-bond donors (Lipinski definition) is 0. The van der Waals surface area contributed by atoms with Crippen LogP contribution in [0.5, 0.6) is 11.5 Å². The van der Waals surface area contributed by atoms with Gasteiger partial charge in [0.15, 0.2) is 13.2 Å². The Bertz CT molecular complexity index is 1200. The molecule has 0 aromatic heterocycles. The van der Waals surface area contributed by atoms with Crippen LogP contribution in [0.2, 0.25) is 0 Å². The van der Waals surface area contributed by atoms with Crippen molar-refractivity contribution in [3.05, 3.63) is 48.0 Å². The van der Waals surface area contributed by atoms with E-state index in [1.807, 2.05) is 49.4 Å². The van der Waals surface area contributed by atoms with E-state index in [-0.39, 0.29) is 25.2 Å². The highest BCUT2D eigenvalue weighted by Gasteiger charge is 2.19. The average molecular weight is 537 g/mol. The zero-order chi connectivity index (χ0) is 27.9. The number of carbonyl (C=O) groups excluding carboxylic acids is 2. The van der Waals surface area contributed by atoms with Crippen LogP contribution < -0.4 is 9.47 Å². The van der Waals surface area contributed by atoms with Crippen LogP contribution in [-0.4, -0.2) is 38.4 Å². The van der Waals surface area contributed by atoms with E-state index in [0.29, 0.717) is 24.7 Å². The van der Waals surface area contributed by atoms with Gasteiger partial charge in [0.25, 0.3) is 0 Å². The van der Waals surface area contributed by atoms with Gasteiger partial charge in [-0.05, 0) is 25.3 Å². The highest BCUT2D eigenvalue weighted by molar-refractivity contribution is 6.12. The first-order valence-electron chi connectivity index (χ1n) is 14.6. The molecule has 0 aliphatic heterocycles. The first-order chi connectivity index (χ1) is 19.1. The van der Waals surface area contributed by atoms with E-state index in [1.54, 1.807) is 0 Å². The molecule has 3 rings (SSSR count). The molecular weight excluding hydrogens is 492 g/mol. The minimum atomic E-state index is -0.381. The fraction of sp³-hybridized carbons (Fsp3) is 0.515. The topological polar surface area (TPSA) is 71.1 Å². The van der Waals surface area contributed by atoms with Crippen LogP contribution in [-0.2, 0) is 19.1 Å². The Morgan fingerprint density at radius 1 is 0.590 bits per heavy atom. The predicted octanol–water partition coefficient (Wildman–Crippen LogP) is 8.09. The van der Waals surface area contributed by atoms with Crippen molar-refractivity contribution >= 4 is 33.5 Å². The van der Waals surface area contributed by atoms with E-state index in [2.05, 4.69) is 13.8 Å². The first kappa shape index (κ1) is 30.3. The second-order valence-electron chi connectivity index (χ2n) is 10.0. The van der Waals surface area contributed by atoms with Gasteiger partial charge in [0.1, 0.15) is 11.5 Å². The normalized spacial score (nSPS) is 11.1. The SMILES string of the molecule is CCCCCCCOC(=O)COc1c2ccccc2c(OCC(=O)OCCCCCCC)c2c(C)cccc12. The molecule has 0 aliphatic carbocycles. The van der Waals surface area contributed by atoms with E-state index >= 15 is 0 Å². The van der Waals surface area contributed by atoms with E-state index < -0.39 is 0 Å². The molecule has 0 bridgehead atoms. The fourth-order valence-corrected chi connectivity index (χ4v) is 4.75. The van der Waals surface area contributed by atoms with Crippen molar-refractivity contribution in [3.8, 4) is 11.5 Å². The molecule has 0 fully saturated rings. The molecule has 0 radical (unpaired) electrons. The minimum absolute atomic E-state index is 0.173. The molecule has 3 aromatic carbocycles. The molecule has 6 nitrogen and oxygen atoms in total. The summed E-state index contributed by atoms with van der Waals surface area (Å²) >= 11 is 0. The summed E-state index contributed by atoms with van der Waals surface area (Å²) in [5.41, 5.74) is 0.983. The number of esters is 2. The van der Waals surface area contributed by atoms with Crippen molar-refractivity contribution in [2.75, 3.05) is 26.4 Å². The molecule has 0 aliphatic rings. The van der Waals surface area contributed by atoms with Gasteiger partial charge in [-0.2, -0.15) is 0 Å². The minimum Gasteiger partial charge on any atom is -0.481 e. The van der Waals surface area contributed by atoms with Crippen LogP contribution in [0.25, 0.3) is 21.5 Å². The maximum absolute atomic E-state index is 12.4. The lowest BCUT2D eigenvalue weighted by Gasteiger charge is -2.18. The van der Waals surface area contributed by atoms with Gasteiger partial charge in [-0.15, -0.1) is 0 Å². The molecule has 0 N–H and O–H groups in total. The van der Waals surface area contributed by atoms with Crippen molar-refractivity contribution in [2.45, 2.75) is 85.0 Å². The Morgan fingerprint density at radius 3 is 1.64 bits per heavy atom. The highest BCUT2D eigenvalue weighted by atomic mass is 16.6. The second-order valence-corrected chi connectivity index (χ2v) is 10.0. The quantitative estimate of drug-likeness (QED) is 0.0929. The molecule has 0 amide bonds. The zero-order valence-corrected chi connectivity index (χ0v) is 23.9. The molecule has 0 heterocycles. The number of aryl methyl sites for hydroxylation is 1. The summed E-state index contributed by atoms with van der Waals surface area (Å²) in [6, 6.07) is 13.6. The van der Waals surface area contributed by atoms with Gasteiger partial charge in [-0.1, -0.05) is 108 Å². The summed E-state index contributed by atoms with van der Waals surface area (Å²) in [5, 5.41) is 3.29. The summed E-state index contributed by atoms with van der Waals surface area (Å²) in [4.78, 5) is 24.9. The van der Waals surface area contributed by atoms with Crippen molar-refractivity contribution < 1.29 is 28.5 Å². The van der Waals surface area contributed by atoms with Gasteiger partial charge >= 0.3 is 11.9 Å². The molecule has 0 saturated heterocycles. The number of carbonyl (C=O) groups is 2. The Labute approximate surface area is 233 Å². The van der Waals surface area contributed by atoms with Crippen LogP contribution in [0, 0.1) is 6.92 Å². The Hall–Kier alpha value is -3.28. The Morgan fingerprint density at radius 2 is 1.08 bits per heavy atom. The first-order valence-corrected chi connectivity index (χ1v) is 14.6. The summed E-state index contributed by atoms with van der Waals surface area (Å²) < 4.78 is 23.0. The molecule has 39 heavy (non-hydrogen) atoms. The van der Waals surface area contributed by atoms with E-state index in [1.165, 1.54) is 25.7 Å². The predicted molar refractivity (Wildman–Crippen MR) is 157 cm³/mol. The van der Waals surface area contributed by atoms with E-state index in [4.69, 9.17) is 18.9 Å². The number of hydrogen-bond acceptors (Lipinski definition) is 6. The Balaban J connectivity index is 1.72. The van der Waals surface area contributed by atoms with Gasteiger partial charge < -0.3 is 18.9 Å². The maximum atomic E-state index is 12.4. The number of ether oxygens (including phenoxy) is 4. The summed E-state index contributed by atoms with van der Waals surface area (Å²) in [6.45, 7) is 6.82. The van der Waals surface area contributed by atoms with Gasteiger partial charge in [0, 0.05) is 21.5 Å². The van der Waals surface area contributed by atoms with Crippen molar-refractivity contribution in [3.63, 3.8) is 0 Å². The molecule has 0 unspecified atom stereocenters. The zero-order valence-electron chi connectivity index (χ0n) is 23.9. The molecule has 0 spiro atoms. The van der Waals surface area contributed by atoms with Crippen LogP contribution >= 0.6 is 0 Å². The highest BCUT2D eigenvalue weighted by Crippen LogP contribution is 2.44. The largest absolute Gasteiger partial charge is 0.481 e. The van der Waals surface area contributed by atoms with Crippen molar-refractivity contribution in [1.82, 2.24) is 0 Å². The number of benzene rings is 3. The van der Waals surface area contributed by atoms with Crippen LogP contribution in [0.1, 0.15) is 83.6 Å². The van der Waals surface area contributed by atoms with Crippen molar-refractivity contribution in [1.29, 1.82) is 0 Å². The molecule has 0 atom stereocenters. The van der Waals surface area contributed by atoms with Gasteiger partial charge in [0.05, 0.1) is 13.2 Å². The maximum Gasteiger partial charge on any atom is 0.344 e. The summed E-state index contributed by atoms with van der Waals surface area (Å²) in [6.07, 6.45) is 10.9. The third kappa shape index (κ3) is 9.15. The molecule has 212 valence electrons. The number of fused-ring (bicyclic) bond motifs is 2. The standard InChI is InChI=1S/C33H44O6/c1-4-6-8-10-14-21-36-29(34)23-38-32-26-18-12-13-19-27(26)33(31-25(3)17-16-20-28(31)32)39-24-30(35)37-22-15-11-9-7-5-2/h12-13,16-20H,4-11,14-15,21-24H2,1-3H3. The fourth-order valence-electron chi connectivity index (χ4n) is 4.75. The average Bonchev–Trinajstić information content (AvgIpc) is 2.94. The summed E-state index contributed by atoms with van der Waals surface area (Å²) in [5.74, 6) is 0.453. The number of rotatable bonds is 18. The lowest BCUT2D eigenvalue weighted by Crippen LogP contribution is -2.17. The van der Waals surface area contributed by atoms with Gasteiger partial charge in [0.2, 0.25) is 0 Å². The number of unbranched alkanes of at least 4 members (excludes halogenated alkanes) is 8.